The molecule has 1 N–H and O–H groups in total. The molecule has 2 amide bonds. The number of hydrogen-bond acceptors (Lipinski definition) is 4. The highest BCUT2D eigenvalue weighted by molar-refractivity contribution is 5.95. The van der Waals surface area contributed by atoms with Crippen LogP contribution in [0.1, 0.15) is 43.4 Å². The SMILES string of the molecule is CCc1cccc(C)c1NC(=O)COC(=O)C1(c2ccccc2)CCN(C(C)=O)CC1. The molecule has 31 heavy (non-hydrogen) atoms. The number of carbonyl (C=O) groups is 3. The van der Waals surface area contributed by atoms with Crippen LogP contribution in [-0.2, 0) is 31.0 Å². The summed E-state index contributed by atoms with van der Waals surface area (Å²) >= 11 is 0. The molecule has 0 aliphatic carbocycles. The Morgan fingerprint density at radius 3 is 2.32 bits per heavy atom. The lowest BCUT2D eigenvalue weighted by Crippen LogP contribution is -2.49. The van der Waals surface area contributed by atoms with Crippen molar-refractivity contribution in [2.75, 3.05) is 25.0 Å². The molecule has 1 aliphatic heterocycles. The minimum atomic E-state index is -0.856. The van der Waals surface area contributed by atoms with E-state index in [-0.39, 0.29) is 18.4 Å². The number of rotatable bonds is 6. The smallest absolute Gasteiger partial charge is 0.317 e. The molecule has 0 radical (unpaired) electrons. The van der Waals surface area contributed by atoms with Crippen LogP contribution in [0.15, 0.2) is 48.5 Å². The van der Waals surface area contributed by atoms with Gasteiger partial charge in [-0.3, -0.25) is 14.4 Å². The highest BCUT2D eigenvalue weighted by atomic mass is 16.5. The lowest BCUT2D eigenvalue weighted by molar-refractivity contribution is -0.156. The molecule has 1 aliphatic rings. The van der Waals surface area contributed by atoms with Gasteiger partial charge in [0.15, 0.2) is 6.61 Å². The third-order valence-corrected chi connectivity index (χ3v) is 6.12. The summed E-state index contributed by atoms with van der Waals surface area (Å²) in [5.74, 6) is -0.779. The molecule has 3 rings (SSSR count). The van der Waals surface area contributed by atoms with Crippen molar-refractivity contribution in [3.05, 3.63) is 65.2 Å². The second-order valence-electron chi connectivity index (χ2n) is 8.04. The third-order valence-electron chi connectivity index (χ3n) is 6.12. The first kappa shape index (κ1) is 22.5. The Kier molecular flexibility index (Phi) is 7.10. The Labute approximate surface area is 183 Å². The third kappa shape index (κ3) is 4.95. The molecule has 6 nitrogen and oxygen atoms in total. The predicted octanol–water partition coefficient (Wildman–Crippen LogP) is 3.62. The van der Waals surface area contributed by atoms with Crippen LogP contribution in [0.5, 0.6) is 0 Å². The van der Waals surface area contributed by atoms with Gasteiger partial charge in [-0.1, -0.05) is 55.5 Å². The zero-order chi connectivity index (χ0) is 22.4. The molecule has 1 fully saturated rings. The van der Waals surface area contributed by atoms with Crippen molar-refractivity contribution in [1.82, 2.24) is 4.90 Å². The van der Waals surface area contributed by atoms with Crippen molar-refractivity contribution >= 4 is 23.5 Å². The first-order chi connectivity index (χ1) is 14.9. The van der Waals surface area contributed by atoms with Crippen molar-refractivity contribution in [3.63, 3.8) is 0 Å². The second-order valence-corrected chi connectivity index (χ2v) is 8.04. The topological polar surface area (TPSA) is 75.7 Å². The molecule has 0 saturated carbocycles. The molecular weight excluding hydrogens is 392 g/mol. The molecule has 0 aromatic heterocycles. The minimum Gasteiger partial charge on any atom is -0.455 e. The Morgan fingerprint density at radius 2 is 1.71 bits per heavy atom. The molecule has 0 atom stereocenters. The molecule has 2 aromatic rings. The van der Waals surface area contributed by atoms with Gasteiger partial charge in [0.1, 0.15) is 0 Å². The van der Waals surface area contributed by atoms with Crippen molar-refractivity contribution < 1.29 is 19.1 Å². The molecule has 1 heterocycles. The molecule has 1 saturated heterocycles. The number of carbonyl (C=O) groups excluding carboxylic acids is 3. The van der Waals surface area contributed by atoms with E-state index in [2.05, 4.69) is 5.32 Å². The van der Waals surface area contributed by atoms with Crippen molar-refractivity contribution in [3.8, 4) is 0 Å². The van der Waals surface area contributed by atoms with Crippen LogP contribution in [-0.4, -0.2) is 42.4 Å². The minimum absolute atomic E-state index is 0.000587. The van der Waals surface area contributed by atoms with E-state index < -0.39 is 11.4 Å². The van der Waals surface area contributed by atoms with Crippen molar-refractivity contribution in [2.24, 2.45) is 0 Å². The number of aryl methyl sites for hydroxylation is 2. The number of anilines is 1. The number of nitrogens with zero attached hydrogens (tertiary/aromatic N) is 1. The number of nitrogens with one attached hydrogen (secondary N) is 1. The van der Waals surface area contributed by atoms with E-state index in [0.717, 1.165) is 28.8 Å². The van der Waals surface area contributed by atoms with Gasteiger partial charge in [0.05, 0.1) is 5.41 Å². The van der Waals surface area contributed by atoms with E-state index in [0.29, 0.717) is 25.9 Å². The number of amides is 2. The monoisotopic (exact) mass is 422 g/mol. The van der Waals surface area contributed by atoms with E-state index in [1.807, 2.05) is 62.4 Å². The van der Waals surface area contributed by atoms with Crippen LogP contribution in [0.3, 0.4) is 0 Å². The molecule has 0 bridgehead atoms. The van der Waals surface area contributed by atoms with Gasteiger partial charge in [-0.25, -0.2) is 0 Å². The average molecular weight is 423 g/mol. The van der Waals surface area contributed by atoms with Crippen LogP contribution < -0.4 is 5.32 Å². The maximum absolute atomic E-state index is 13.2. The molecule has 6 heteroatoms. The normalized spacial score (nSPS) is 15.3. The zero-order valence-electron chi connectivity index (χ0n) is 18.4. The van der Waals surface area contributed by atoms with Gasteiger partial charge in [0, 0.05) is 25.7 Å². The predicted molar refractivity (Wildman–Crippen MR) is 120 cm³/mol. The Hall–Kier alpha value is -3.15. The lowest BCUT2D eigenvalue weighted by Gasteiger charge is -2.40. The summed E-state index contributed by atoms with van der Waals surface area (Å²) in [5.41, 5.74) is 2.79. The molecule has 2 aromatic carbocycles. The zero-order valence-corrected chi connectivity index (χ0v) is 18.4. The van der Waals surface area contributed by atoms with Crippen molar-refractivity contribution in [1.29, 1.82) is 0 Å². The fourth-order valence-electron chi connectivity index (χ4n) is 4.22. The van der Waals surface area contributed by atoms with Gasteiger partial charge < -0.3 is 15.0 Å². The fraction of sp³-hybridized carbons (Fsp3) is 0.400. The van der Waals surface area contributed by atoms with Gasteiger partial charge >= 0.3 is 5.97 Å². The largest absolute Gasteiger partial charge is 0.455 e. The van der Waals surface area contributed by atoms with Gasteiger partial charge in [-0.15, -0.1) is 0 Å². The molecular formula is C25H30N2O4. The first-order valence-electron chi connectivity index (χ1n) is 10.7. The Bertz CT molecular complexity index is 947. The maximum Gasteiger partial charge on any atom is 0.317 e. The van der Waals surface area contributed by atoms with Crippen LogP contribution in [0, 0.1) is 6.92 Å². The van der Waals surface area contributed by atoms with E-state index in [9.17, 15) is 14.4 Å². The van der Waals surface area contributed by atoms with Crippen LogP contribution >= 0.6 is 0 Å². The molecule has 0 spiro atoms. The van der Waals surface area contributed by atoms with Crippen LogP contribution in [0.4, 0.5) is 5.69 Å². The van der Waals surface area contributed by atoms with Crippen molar-refractivity contribution in [2.45, 2.75) is 45.4 Å². The number of piperidine rings is 1. The summed E-state index contributed by atoms with van der Waals surface area (Å²) < 4.78 is 5.53. The summed E-state index contributed by atoms with van der Waals surface area (Å²) in [6, 6.07) is 15.4. The maximum atomic E-state index is 13.2. The van der Waals surface area contributed by atoms with E-state index in [1.54, 1.807) is 4.90 Å². The summed E-state index contributed by atoms with van der Waals surface area (Å²) in [7, 11) is 0. The average Bonchev–Trinajstić information content (AvgIpc) is 2.79. The number of ether oxygens (including phenoxy) is 1. The second kappa shape index (κ2) is 9.77. The fourth-order valence-corrected chi connectivity index (χ4v) is 4.22. The Morgan fingerprint density at radius 1 is 1.03 bits per heavy atom. The molecule has 164 valence electrons. The van der Waals surface area contributed by atoms with Gasteiger partial charge in [0.25, 0.3) is 5.91 Å². The number of benzene rings is 2. The first-order valence-corrected chi connectivity index (χ1v) is 10.7. The number of hydrogen-bond donors (Lipinski definition) is 1. The van der Waals surface area contributed by atoms with Crippen LogP contribution in [0.2, 0.25) is 0 Å². The van der Waals surface area contributed by atoms with E-state index >= 15 is 0 Å². The Balaban J connectivity index is 1.72. The standard InChI is InChI=1S/C25H30N2O4/c1-4-20-10-8-9-18(2)23(20)26-22(29)17-31-24(30)25(21-11-6-5-7-12-21)13-15-27(16-14-25)19(3)28/h5-12H,4,13-17H2,1-3H3,(H,26,29). The molecule has 0 unspecified atom stereocenters. The quantitative estimate of drug-likeness (QED) is 0.722. The van der Waals surface area contributed by atoms with Crippen LogP contribution in [0.25, 0.3) is 0 Å². The summed E-state index contributed by atoms with van der Waals surface area (Å²) in [4.78, 5) is 39.3. The van der Waals surface area contributed by atoms with Gasteiger partial charge in [-0.2, -0.15) is 0 Å². The summed E-state index contributed by atoms with van der Waals surface area (Å²) in [5, 5.41) is 2.89. The lowest BCUT2D eigenvalue weighted by atomic mass is 9.72. The summed E-state index contributed by atoms with van der Waals surface area (Å²) in [6.45, 7) is 6.12. The highest BCUT2D eigenvalue weighted by Gasteiger charge is 2.44. The highest BCUT2D eigenvalue weighted by Crippen LogP contribution is 2.37. The number of likely N-dealkylation sites (tertiary alicyclic amines) is 1. The van der Waals surface area contributed by atoms with Gasteiger partial charge in [0.2, 0.25) is 5.91 Å². The number of para-hydroxylation sites is 1. The van der Waals surface area contributed by atoms with Gasteiger partial charge in [-0.05, 0) is 42.9 Å². The number of esters is 1. The summed E-state index contributed by atoms with van der Waals surface area (Å²) in [6.07, 6.45) is 1.73. The van der Waals surface area contributed by atoms with E-state index in [1.165, 1.54) is 6.92 Å². The van der Waals surface area contributed by atoms with E-state index in [4.69, 9.17) is 4.74 Å².